The summed E-state index contributed by atoms with van der Waals surface area (Å²) < 4.78 is 1.50. The summed E-state index contributed by atoms with van der Waals surface area (Å²) in [5, 5.41) is 9.27. The fourth-order valence-corrected chi connectivity index (χ4v) is 2.43. The van der Waals surface area contributed by atoms with E-state index < -0.39 is 22.8 Å². The summed E-state index contributed by atoms with van der Waals surface area (Å²) >= 11 is 3.25. The molecule has 2 rings (SSSR count). The number of hydrogen-bond acceptors (Lipinski definition) is 3. The molecule has 1 aromatic heterocycles. The number of hydrogen-bond donors (Lipinski definition) is 2. The quantitative estimate of drug-likeness (QED) is 0.884. The number of carboxylic acids is 1. The second-order valence-corrected chi connectivity index (χ2v) is 5.71. The minimum atomic E-state index is -1.36. The SMILES string of the molecule is CC(C)c1[nH]c(=O)n(-c2cccc(Br)c2)c(=O)c1C(=O)O. The largest absolute Gasteiger partial charge is 0.477 e. The molecule has 1 heterocycles. The van der Waals surface area contributed by atoms with Crippen molar-refractivity contribution in [2.45, 2.75) is 19.8 Å². The zero-order chi connectivity index (χ0) is 15.7. The Morgan fingerprint density at radius 2 is 2.00 bits per heavy atom. The predicted octanol–water partition coefficient (Wildman–Crippen LogP) is 2.11. The molecule has 0 spiro atoms. The normalized spacial score (nSPS) is 10.9. The number of H-pyrrole nitrogens is 1. The van der Waals surface area contributed by atoms with E-state index in [1.54, 1.807) is 38.1 Å². The topological polar surface area (TPSA) is 92.2 Å². The van der Waals surface area contributed by atoms with Crippen LogP contribution in [0.1, 0.15) is 35.8 Å². The Balaban J connectivity index is 2.87. The van der Waals surface area contributed by atoms with E-state index >= 15 is 0 Å². The summed E-state index contributed by atoms with van der Waals surface area (Å²) in [6.07, 6.45) is 0. The van der Waals surface area contributed by atoms with Crippen LogP contribution in [0.25, 0.3) is 5.69 Å². The summed E-state index contributed by atoms with van der Waals surface area (Å²) in [6.45, 7) is 3.42. The van der Waals surface area contributed by atoms with Gasteiger partial charge in [0.2, 0.25) is 0 Å². The Kier molecular flexibility index (Phi) is 4.13. The molecule has 1 aromatic carbocycles. The van der Waals surface area contributed by atoms with Crippen LogP contribution >= 0.6 is 15.9 Å². The van der Waals surface area contributed by atoms with Crippen molar-refractivity contribution in [3.05, 3.63) is 60.8 Å². The summed E-state index contributed by atoms with van der Waals surface area (Å²) in [6, 6.07) is 6.52. The van der Waals surface area contributed by atoms with Crippen LogP contribution in [-0.2, 0) is 0 Å². The van der Waals surface area contributed by atoms with E-state index in [1.165, 1.54) is 0 Å². The van der Waals surface area contributed by atoms with Gasteiger partial charge in [0.05, 0.1) is 5.69 Å². The molecular formula is C14H13BrN2O4. The second kappa shape index (κ2) is 5.69. The Bertz CT molecular complexity index is 820. The molecule has 0 radical (unpaired) electrons. The van der Waals surface area contributed by atoms with Gasteiger partial charge in [-0.2, -0.15) is 0 Å². The van der Waals surface area contributed by atoms with E-state index in [0.717, 1.165) is 4.57 Å². The predicted molar refractivity (Wildman–Crippen MR) is 81.4 cm³/mol. The van der Waals surface area contributed by atoms with Crippen LogP contribution in [0.3, 0.4) is 0 Å². The number of benzene rings is 1. The number of carboxylic acid groups (broad SMARTS) is 1. The van der Waals surface area contributed by atoms with Crippen LogP contribution in [0.2, 0.25) is 0 Å². The van der Waals surface area contributed by atoms with Gasteiger partial charge in [0.25, 0.3) is 5.56 Å². The van der Waals surface area contributed by atoms with Gasteiger partial charge < -0.3 is 10.1 Å². The molecule has 0 unspecified atom stereocenters. The Morgan fingerprint density at radius 1 is 1.33 bits per heavy atom. The van der Waals surface area contributed by atoms with Crippen molar-refractivity contribution >= 4 is 21.9 Å². The van der Waals surface area contributed by atoms with Crippen LogP contribution in [0, 0.1) is 0 Å². The van der Waals surface area contributed by atoms with Crippen molar-refractivity contribution in [1.29, 1.82) is 0 Å². The van der Waals surface area contributed by atoms with Gasteiger partial charge in [0.15, 0.2) is 0 Å². The van der Waals surface area contributed by atoms with Gasteiger partial charge in [-0.1, -0.05) is 35.8 Å². The number of rotatable bonds is 3. The zero-order valence-corrected chi connectivity index (χ0v) is 13.0. The molecule has 0 bridgehead atoms. The molecular weight excluding hydrogens is 340 g/mol. The number of carbonyl (C=O) groups is 1. The third kappa shape index (κ3) is 2.82. The van der Waals surface area contributed by atoms with Crippen LogP contribution in [0.4, 0.5) is 0 Å². The first-order chi connectivity index (χ1) is 9.82. The molecule has 0 amide bonds. The standard InChI is InChI=1S/C14H13BrN2O4/c1-7(2)11-10(13(19)20)12(18)17(14(21)16-11)9-5-3-4-8(15)6-9/h3-7H,1-2H3,(H,16,21)(H,19,20). The molecule has 0 fully saturated rings. The summed E-state index contributed by atoms with van der Waals surface area (Å²) in [5.74, 6) is -1.64. The van der Waals surface area contributed by atoms with Gasteiger partial charge in [0, 0.05) is 10.2 Å². The maximum Gasteiger partial charge on any atom is 0.343 e. The number of aromatic amines is 1. The summed E-state index contributed by atoms with van der Waals surface area (Å²) in [7, 11) is 0. The van der Waals surface area contributed by atoms with Gasteiger partial charge in [0.1, 0.15) is 5.56 Å². The number of nitrogens with one attached hydrogen (secondary N) is 1. The van der Waals surface area contributed by atoms with E-state index in [1.807, 2.05) is 0 Å². The van der Waals surface area contributed by atoms with Gasteiger partial charge in [-0.3, -0.25) is 4.79 Å². The highest BCUT2D eigenvalue weighted by Crippen LogP contribution is 2.15. The van der Waals surface area contributed by atoms with Gasteiger partial charge in [-0.15, -0.1) is 0 Å². The fourth-order valence-electron chi connectivity index (χ4n) is 2.04. The number of aromatic carboxylic acids is 1. The van der Waals surface area contributed by atoms with Crippen molar-refractivity contribution in [2.75, 3.05) is 0 Å². The van der Waals surface area contributed by atoms with Crippen LogP contribution < -0.4 is 11.2 Å². The van der Waals surface area contributed by atoms with Crippen molar-refractivity contribution in [1.82, 2.24) is 9.55 Å². The lowest BCUT2D eigenvalue weighted by molar-refractivity contribution is 0.0692. The molecule has 0 saturated carbocycles. The first-order valence-corrected chi connectivity index (χ1v) is 7.00. The van der Waals surface area contributed by atoms with Crippen LogP contribution in [0.5, 0.6) is 0 Å². The average molecular weight is 353 g/mol. The van der Waals surface area contributed by atoms with Crippen LogP contribution in [-0.4, -0.2) is 20.6 Å². The zero-order valence-electron chi connectivity index (χ0n) is 11.4. The minimum absolute atomic E-state index is 0.128. The lowest BCUT2D eigenvalue weighted by Gasteiger charge is -2.12. The Labute approximate surface area is 128 Å². The highest BCUT2D eigenvalue weighted by Gasteiger charge is 2.22. The number of nitrogens with zero attached hydrogens (tertiary/aromatic N) is 1. The monoisotopic (exact) mass is 352 g/mol. The van der Waals surface area contributed by atoms with Gasteiger partial charge in [-0.25, -0.2) is 14.2 Å². The molecule has 0 saturated heterocycles. The van der Waals surface area contributed by atoms with Gasteiger partial charge >= 0.3 is 11.7 Å². The highest BCUT2D eigenvalue weighted by molar-refractivity contribution is 9.10. The number of aromatic nitrogens is 2. The highest BCUT2D eigenvalue weighted by atomic mass is 79.9. The molecule has 21 heavy (non-hydrogen) atoms. The van der Waals surface area contributed by atoms with Crippen molar-refractivity contribution in [3.8, 4) is 5.69 Å². The summed E-state index contributed by atoms with van der Waals surface area (Å²) in [5.41, 5.74) is -1.48. The van der Waals surface area contributed by atoms with E-state index in [9.17, 15) is 19.5 Å². The van der Waals surface area contributed by atoms with Gasteiger partial charge in [-0.05, 0) is 24.1 Å². The third-order valence-electron chi connectivity index (χ3n) is 2.99. The number of halogens is 1. The molecule has 0 atom stereocenters. The first kappa shape index (κ1) is 15.2. The molecule has 2 N–H and O–H groups in total. The maximum atomic E-state index is 12.4. The van der Waals surface area contributed by atoms with Crippen molar-refractivity contribution in [3.63, 3.8) is 0 Å². The minimum Gasteiger partial charge on any atom is -0.477 e. The smallest absolute Gasteiger partial charge is 0.343 e. The first-order valence-electron chi connectivity index (χ1n) is 6.21. The molecule has 0 aliphatic carbocycles. The third-order valence-corrected chi connectivity index (χ3v) is 3.48. The van der Waals surface area contributed by atoms with E-state index in [4.69, 9.17) is 0 Å². The maximum absolute atomic E-state index is 12.4. The van der Waals surface area contributed by atoms with E-state index in [-0.39, 0.29) is 11.6 Å². The average Bonchev–Trinajstić information content (AvgIpc) is 2.37. The molecule has 110 valence electrons. The molecule has 6 nitrogen and oxygen atoms in total. The Hall–Kier alpha value is -2.15. The second-order valence-electron chi connectivity index (χ2n) is 4.80. The van der Waals surface area contributed by atoms with Crippen LogP contribution in [0.15, 0.2) is 38.3 Å². The lowest BCUT2D eigenvalue weighted by Crippen LogP contribution is -2.39. The van der Waals surface area contributed by atoms with E-state index in [2.05, 4.69) is 20.9 Å². The molecule has 7 heteroatoms. The molecule has 0 aliphatic heterocycles. The lowest BCUT2D eigenvalue weighted by atomic mass is 10.1. The molecule has 0 aliphatic rings. The van der Waals surface area contributed by atoms with Crippen molar-refractivity contribution in [2.24, 2.45) is 0 Å². The van der Waals surface area contributed by atoms with Crippen molar-refractivity contribution < 1.29 is 9.90 Å². The van der Waals surface area contributed by atoms with E-state index in [0.29, 0.717) is 10.2 Å². The Morgan fingerprint density at radius 3 is 2.52 bits per heavy atom. The fraction of sp³-hybridized carbons (Fsp3) is 0.214. The molecule has 2 aromatic rings. The summed E-state index contributed by atoms with van der Waals surface area (Å²) in [4.78, 5) is 38.4.